The minimum atomic E-state index is -4.37. The van der Waals surface area contributed by atoms with Crippen molar-refractivity contribution in [2.45, 2.75) is 38.0 Å². The summed E-state index contributed by atoms with van der Waals surface area (Å²) in [4.78, 5) is 0. The Morgan fingerprint density at radius 2 is 1.85 bits per heavy atom. The second-order valence-electron chi connectivity index (χ2n) is 5.21. The topological polar surface area (TPSA) is 20.2 Å². The molecule has 1 aromatic carbocycles. The molecule has 0 spiro atoms. The van der Waals surface area contributed by atoms with Gasteiger partial charge < -0.3 is 5.11 Å². The third-order valence-corrected chi connectivity index (χ3v) is 4.16. The van der Waals surface area contributed by atoms with Crippen LogP contribution in [0.5, 0.6) is 0 Å². The molecule has 112 valence electrons. The molecular formula is C14H15ClF4O. The highest BCUT2D eigenvalue weighted by Crippen LogP contribution is 2.46. The summed E-state index contributed by atoms with van der Waals surface area (Å²) >= 11 is 5.61. The van der Waals surface area contributed by atoms with Crippen LogP contribution in [-0.4, -0.2) is 11.3 Å². The molecule has 0 aromatic heterocycles. The van der Waals surface area contributed by atoms with Crippen LogP contribution in [0.3, 0.4) is 0 Å². The van der Waals surface area contributed by atoms with Crippen LogP contribution in [0, 0.1) is 17.7 Å². The highest BCUT2D eigenvalue weighted by atomic mass is 35.5. The Labute approximate surface area is 119 Å². The van der Waals surface area contributed by atoms with E-state index in [-0.39, 0.29) is 23.4 Å². The fraction of sp³-hybridized carbons (Fsp3) is 0.571. The Bertz CT molecular complexity index is 475. The molecule has 1 N–H and O–H groups in total. The molecular weight excluding hydrogens is 296 g/mol. The van der Waals surface area contributed by atoms with E-state index < -0.39 is 29.9 Å². The van der Waals surface area contributed by atoms with E-state index in [0.717, 1.165) is 6.07 Å². The van der Waals surface area contributed by atoms with Crippen molar-refractivity contribution in [3.63, 3.8) is 0 Å². The maximum absolute atomic E-state index is 13.8. The van der Waals surface area contributed by atoms with Crippen molar-refractivity contribution < 1.29 is 22.7 Å². The maximum Gasteiger partial charge on any atom is 0.392 e. The summed E-state index contributed by atoms with van der Waals surface area (Å²) in [6.07, 6.45) is -4.50. The minimum Gasteiger partial charge on any atom is -0.388 e. The first-order valence-corrected chi connectivity index (χ1v) is 6.88. The molecule has 3 atom stereocenters. The zero-order valence-electron chi connectivity index (χ0n) is 10.6. The summed E-state index contributed by atoms with van der Waals surface area (Å²) in [5.74, 6) is -3.35. The standard InChI is InChI=1S/C14H15ClF4O/c15-8-5-6-10(12(16)7-8)13(20)9-3-1-2-4-11(9)14(17,18)19/h5-7,9,11,13,20H,1-4H2. The van der Waals surface area contributed by atoms with Gasteiger partial charge in [-0.1, -0.05) is 30.5 Å². The number of alkyl halides is 3. The molecule has 1 saturated carbocycles. The molecule has 1 aliphatic rings. The molecule has 1 nitrogen and oxygen atoms in total. The second-order valence-corrected chi connectivity index (χ2v) is 5.64. The maximum atomic E-state index is 13.8. The monoisotopic (exact) mass is 310 g/mol. The molecule has 0 radical (unpaired) electrons. The van der Waals surface area contributed by atoms with E-state index in [9.17, 15) is 22.7 Å². The minimum absolute atomic E-state index is 0.0135. The van der Waals surface area contributed by atoms with Crippen LogP contribution in [0.25, 0.3) is 0 Å². The van der Waals surface area contributed by atoms with E-state index >= 15 is 0 Å². The predicted octanol–water partition coefficient (Wildman–Crippen LogP) is 4.88. The molecule has 1 fully saturated rings. The Morgan fingerprint density at radius 3 is 2.45 bits per heavy atom. The van der Waals surface area contributed by atoms with Gasteiger partial charge in [-0.2, -0.15) is 13.2 Å². The van der Waals surface area contributed by atoms with Gasteiger partial charge in [0.05, 0.1) is 12.0 Å². The summed E-state index contributed by atoms with van der Waals surface area (Å²) in [7, 11) is 0. The van der Waals surface area contributed by atoms with Gasteiger partial charge in [0, 0.05) is 16.5 Å². The molecule has 0 heterocycles. The van der Waals surface area contributed by atoms with Crippen molar-refractivity contribution >= 4 is 11.6 Å². The van der Waals surface area contributed by atoms with Crippen molar-refractivity contribution in [1.29, 1.82) is 0 Å². The number of aliphatic hydroxyl groups is 1. The Morgan fingerprint density at radius 1 is 1.20 bits per heavy atom. The Hall–Kier alpha value is -0.810. The SMILES string of the molecule is OC(c1ccc(Cl)cc1F)C1CCCCC1C(F)(F)F. The van der Waals surface area contributed by atoms with Crippen molar-refractivity contribution in [2.24, 2.45) is 11.8 Å². The summed E-state index contributed by atoms with van der Waals surface area (Å²) in [5, 5.41) is 10.3. The first kappa shape index (κ1) is 15.6. The molecule has 0 bridgehead atoms. The molecule has 1 aromatic rings. The van der Waals surface area contributed by atoms with Gasteiger partial charge in [-0.05, 0) is 25.0 Å². The normalized spacial score (nSPS) is 25.5. The summed E-state index contributed by atoms with van der Waals surface area (Å²) < 4.78 is 52.8. The van der Waals surface area contributed by atoms with Gasteiger partial charge in [-0.3, -0.25) is 0 Å². The largest absolute Gasteiger partial charge is 0.392 e. The van der Waals surface area contributed by atoms with Crippen LogP contribution in [0.15, 0.2) is 18.2 Å². The number of hydrogen-bond acceptors (Lipinski definition) is 1. The van der Waals surface area contributed by atoms with Gasteiger partial charge in [0.25, 0.3) is 0 Å². The third kappa shape index (κ3) is 3.26. The highest BCUT2D eigenvalue weighted by molar-refractivity contribution is 6.30. The molecule has 0 saturated heterocycles. The Balaban J connectivity index is 2.27. The lowest BCUT2D eigenvalue weighted by Crippen LogP contribution is -2.36. The van der Waals surface area contributed by atoms with Crippen LogP contribution in [0.2, 0.25) is 5.02 Å². The van der Waals surface area contributed by atoms with Crippen molar-refractivity contribution in [3.05, 3.63) is 34.6 Å². The number of rotatable bonds is 2. The van der Waals surface area contributed by atoms with Crippen LogP contribution < -0.4 is 0 Å². The van der Waals surface area contributed by atoms with Gasteiger partial charge in [-0.15, -0.1) is 0 Å². The first-order valence-electron chi connectivity index (χ1n) is 6.50. The Kier molecular flexibility index (Phi) is 4.59. The van der Waals surface area contributed by atoms with Crippen LogP contribution in [0.1, 0.15) is 37.4 Å². The molecule has 20 heavy (non-hydrogen) atoms. The predicted molar refractivity (Wildman–Crippen MR) is 67.9 cm³/mol. The number of hydrogen-bond donors (Lipinski definition) is 1. The average molecular weight is 311 g/mol. The van der Waals surface area contributed by atoms with E-state index in [1.807, 2.05) is 0 Å². The van der Waals surface area contributed by atoms with E-state index in [0.29, 0.717) is 12.8 Å². The van der Waals surface area contributed by atoms with Gasteiger partial charge in [-0.25, -0.2) is 4.39 Å². The van der Waals surface area contributed by atoms with Crippen LogP contribution >= 0.6 is 11.6 Å². The average Bonchev–Trinajstić information content (AvgIpc) is 2.37. The zero-order valence-corrected chi connectivity index (χ0v) is 11.4. The zero-order chi connectivity index (χ0) is 14.9. The first-order chi connectivity index (χ1) is 9.30. The van der Waals surface area contributed by atoms with Gasteiger partial charge in [0.15, 0.2) is 0 Å². The quantitative estimate of drug-likeness (QED) is 0.772. The number of halogens is 5. The van der Waals surface area contributed by atoms with E-state index in [1.54, 1.807) is 0 Å². The van der Waals surface area contributed by atoms with Gasteiger partial charge in [0.2, 0.25) is 0 Å². The summed E-state index contributed by atoms with van der Waals surface area (Å²) in [6.45, 7) is 0. The molecule has 2 rings (SSSR count). The van der Waals surface area contributed by atoms with Crippen LogP contribution in [-0.2, 0) is 0 Å². The van der Waals surface area contributed by atoms with Gasteiger partial charge >= 0.3 is 6.18 Å². The summed E-state index contributed by atoms with van der Waals surface area (Å²) in [6, 6.07) is 3.63. The summed E-state index contributed by atoms with van der Waals surface area (Å²) in [5.41, 5.74) is -0.115. The van der Waals surface area contributed by atoms with E-state index in [2.05, 4.69) is 0 Å². The fourth-order valence-corrected chi connectivity index (χ4v) is 3.07. The number of aliphatic hydroxyl groups excluding tert-OH is 1. The van der Waals surface area contributed by atoms with Crippen LogP contribution in [0.4, 0.5) is 17.6 Å². The molecule has 0 aliphatic heterocycles. The molecule has 6 heteroatoms. The lowest BCUT2D eigenvalue weighted by molar-refractivity contribution is -0.207. The van der Waals surface area contributed by atoms with Gasteiger partial charge in [0.1, 0.15) is 5.82 Å². The number of benzene rings is 1. The fourth-order valence-electron chi connectivity index (χ4n) is 2.92. The highest BCUT2D eigenvalue weighted by Gasteiger charge is 2.48. The molecule has 3 unspecified atom stereocenters. The van der Waals surface area contributed by atoms with E-state index in [1.165, 1.54) is 12.1 Å². The van der Waals surface area contributed by atoms with Crippen molar-refractivity contribution in [2.75, 3.05) is 0 Å². The van der Waals surface area contributed by atoms with E-state index in [4.69, 9.17) is 11.6 Å². The smallest absolute Gasteiger partial charge is 0.388 e. The third-order valence-electron chi connectivity index (χ3n) is 3.93. The molecule has 0 amide bonds. The van der Waals surface area contributed by atoms with Crippen molar-refractivity contribution in [3.8, 4) is 0 Å². The second kappa shape index (κ2) is 5.90. The lowest BCUT2D eigenvalue weighted by atomic mass is 9.74. The van der Waals surface area contributed by atoms with Crippen molar-refractivity contribution in [1.82, 2.24) is 0 Å². The lowest BCUT2D eigenvalue weighted by Gasteiger charge is -2.36. The molecule has 1 aliphatic carbocycles.